The molecule has 0 amide bonds. The van der Waals surface area contributed by atoms with Gasteiger partial charge in [-0.1, -0.05) is 172 Å². The van der Waals surface area contributed by atoms with E-state index in [4.69, 9.17) is 0 Å². The molecular weight excluding hydrogens is 703 g/mol. The average Bonchev–Trinajstić information content (AvgIpc) is 3.71. The van der Waals surface area contributed by atoms with Crippen LogP contribution in [0.5, 0.6) is 0 Å². The van der Waals surface area contributed by atoms with Crippen molar-refractivity contribution in [1.82, 2.24) is 15.2 Å². The van der Waals surface area contributed by atoms with Crippen LogP contribution in [-0.2, 0) is 10.8 Å². The molecule has 58 heavy (non-hydrogen) atoms. The number of fused-ring (bicyclic) bond motifs is 8. The standard InChI is InChI=1S/C55H45N3/c1-54(2)44-29-15-12-26-40(44)50-51(54)56-52(57-53(50)58-47-32-17-14-25-39(47)43-33-35-19-10-11-20-36(35)34-48(43)58)42-28-18-31-46-49(42)41-27-13-16-30-45(41)55(46,38-23-8-5-9-24-38)37-21-6-3-4-7-22-37/h3-12,14-21,23-26,28-34,52-53,56-57H,13,22,27H2,1-2H3. The van der Waals surface area contributed by atoms with Gasteiger partial charge in [-0.15, -0.1) is 0 Å². The van der Waals surface area contributed by atoms with Gasteiger partial charge in [0.25, 0.3) is 0 Å². The lowest BCUT2D eigenvalue weighted by Gasteiger charge is -2.40. The summed E-state index contributed by atoms with van der Waals surface area (Å²) >= 11 is 0. The Hall–Kier alpha value is -6.42. The van der Waals surface area contributed by atoms with E-state index in [1.807, 2.05) is 0 Å². The predicted octanol–water partition coefficient (Wildman–Crippen LogP) is 12.9. The monoisotopic (exact) mass is 747 g/mol. The molecule has 0 spiro atoms. The summed E-state index contributed by atoms with van der Waals surface area (Å²) in [5.41, 5.74) is 17.0. The van der Waals surface area contributed by atoms with Crippen LogP contribution in [0.2, 0.25) is 0 Å². The number of nitrogens with zero attached hydrogens (tertiary/aromatic N) is 1. The first-order chi connectivity index (χ1) is 28.5. The summed E-state index contributed by atoms with van der Waals surface area (Å²) in [6, 6.07) is 50.1. The Morgan fingerprint density at radius 2 is 1.45 bits per heavy atom. The number of allylic oxidation sites excluding steroid dienone is 11. The molecule has 12 rings (SSSR count). The summed E-state index contributed by atoms with van der Waals surface area (Å²) in [5.74, 6) is 0. The van der Waals surface area contributed by atoms with E-state index in [0.29, 0.717) is 0 Å². The molecule has 0 saturated heterocycles. The maximum absolute atomic E-state index is 4.35. The van der Waals surface area contributed by atoms with Crippen LogP contribution in [0.3, 0.4) is 0 Å². The number of nitrogens with one attached hydrogen (secondary N) is 2. The summed E-state index contributed by atoms with van der Waals surface area (Å²) < 4.78 is 2.61. The first kappa shape index (κ1) is 33.7. The fraction of sp³-hybridized carbons (Fsp3) is 0.164. The van der Waals surface area contributed by atoms with Gasteiger partial charge in [-0.05, 0) is 98.3 Å². The highest BCUT2D eigenvalue weighted by Gasteiger charge is 2.51. The highest BCUT2D eigenvalue weighted by molar-refractivity contribution is 6.13. The highest BCUT2D eigenvalue weighted by Crippen LogP contribution is 2.60. The summed E-state index contributed by atoms with van der Waals surface area (Å²) in [6.45, 7) is 4.81. The zero-order valence-electron chi connectivity index (χ0n) is 33.0. The maximum Gasteiger partial charge on any atom is 0.115 e. The SMILES string of the molecule is CC1(C)C2=C(c3ccccc31)C(n1c3ccccc3c3cc4ccccc4cc31)NC(c1cccc3c1C1=C(C=CCC1)C3(C1=CC=CC=CC1)c1ccccc1)N2. The Morgan fingerprint density at radius 3 is 2.34 bits per heavy atom. The fourth-order valence-corrected chi connectivity index (χ4v) is 11.4. The maximum atomic E-state index is 4.35. The zero-order valence-corrected chi connectivity index (χ0v) is 33.0. The minimum Gasteiger partial charge on any atom is -0.368 e. The summed E-state index contributed by atoms with van der Waals surface area (Å²) in [5, 5.41) is 13.7. The molecule has 0 fully saturated rings. The van der Waals surface area contributed by atoms with Crippen molar-refractivity contribution in [3.8, 4) is 0 Å². The molecule has 1 aliphatic heterocycles. The average molecular weight is 748 g/mol. The normalized spacial score (nSPS) is 22.8. The number of aromatic nitrogens is 1. The Labute approximate surface area is 340 Å². The molecule has 3 unspecified atom stereocenters. The largest absolute Gasteiger partial charge is 0.368 e. The van der Waals surface area contributed by atoms with E-state index in [0.717, 1.165) is 19.3 Å². The van der Waals surface area contributed by atoms with Crippen molar-refractivity contribution in [1.29, 1.82) is 0 Å². The van der Waals surface area contributed by atoms with Crippen LogP contribution in [0.4, 0.5) is 0 Å². The van der Waals surface area contributed by atoms with Gasteiger partial charge in [0, 0.05) is 27.5 Å². The lowest BCUT2D eigenvalue weighted by atomic mass is 9.65. The second kappa shape index (κ2) is 12.5. The second-order valence-electron chi connectivity index (χ2n) is 17.1. The third-order valence-corrected chi connectivity index (χ3v) is 13.9. The van der Waals surface area contributed by atoms with E-state index in [-0.39, 0.29) is 17.7 Å². The third kappa shape index (κ3) is 4.54. The molecule has 4 aliphatic carbocycles. The van der Waals surface area contributed by atoms with E-state index in [1.165, 1.54) is 93.9 Å². The predicted molar refractivity (Wildman–Crippen MR) is 241 cm³/mol. The number of benzene rings is 6. The van der Waals surface area contributed by atoms with Crippen molar-refractivity contribution in [2.24, 2.45) is 0 Å². The number of rotatable bonds is 4. The van der Waals surface area contributed by atoms with E-state index in [9.17, 15) is 0 Å². The molecular formula is C55H45N3. The topological polar surface area (TPSA) is 29.0 Å². The lowest BCUT2D eigenvalue weighted by Crippen LogP contribution is -2.46. The molecule has 2 N–H and O–H groups in total. The molecule has 2 heterocycles. The first-order valence-corrected chi connectivity index (χ1v) is 21.0. The quantitative estimate of drug-likeness (QED) is 0.188. The number of hydrogen-bond donors (Lipinski definition) is 2. The summed E-state index contributed by atoms with van der Waals surface area (Å²) in [6.07, 6.45) is 18.8. The van der Waals surface area contributed by atoms with Crippen LogP contribution >= 0.6 is 0 Å². The van der Waals surface area contributed by atoms with Crippen LogP contribution < -0.4 is 10.6 Å². The van der Waals surface area contributed by atoms with Crippen LogP contribution in [0, 0.1) is 0 Å². The van der Waals surface area contributed by atoms with Crippen molar-refractivity contribution in [3.63, 3.8) is 0 Å². The van der Waals surface area contributed by atoms with Crippen LogP contribution in [-0.4, -0.2) is 4.57 Å². The molecule has 0 radical (unpaired) electrons. The zero-order chi connectivity index (χ0) is 38.6. The second-order valence-corrected chi connectivity index (χ2v) is 17.1. The smallest absolute Gasteiger partial charge is 0.115 e. The molecule has 280 valence electrons. The van der Waals surface area contributed by atoms with Gasteiger partial charge in [0.1, 0.15) is 12.3 Å². The van der Waals surface area contributed by atoms with Crippen molar-refractivity contribution < 1.29 is 0 Å². The Morgan fingerprint density at radius 1 is 0.672 bits per heavy atom. The minimum atomic E-state index is -0.396. The first-order valence-electron chi connectivity index (χ1n) is 21.0. The molecule has 3 atom stereocenters. The molecule has 0 bridgehead atoms. The van der Waals surface area contributed by atoms with Crippen molar-refractivity contribution in [2.75, 3.05) is 0 Å². The minimum absolute atomic E-state index is 0.136. The molecule has 3 heteroatoms. The van der Waals surface area contributed by atoms with E-state index < -0.39 is 5.41 Å². The molecule has 6 aromatic carbocycles. The van der Waals surface area contributed by atoms with Gasteiger partial charge >= 0.3 is 0 Å². The van der Waals surface area contributed by atoms with Crippen molar-refractivity contribution >= 4 is 43.7 Å². The molecule has 3 nitrogen and oxygen atoms in total. The van der Waals surface area contributed by atoms with Crippen LogP contribution in [0.25, 0.3) is 43.7 Å². The number of hydrogen-bond acceptors (Lipinski definition) is 2. The Kier molecular flexibility index (Phi) is 7.28. The Balaban J connectivity index is 1.13. The van der Waals surface area contributed by atoms with Gasteiger partial charge in [-0.25, -0.2) is 0 Å². The van der Waals surface area contributed by atoms with Crippen LogP contribution in [0.1, 0.15) is 78.8 Å². The lowest BCUT2D eigenvalue weighted by molar-refractivity contribution is 0.355. The molecule has 7 aromatic rings. The molecule has 1 aromatic heterocycles. The van der Waals surface area contributed by atoms with E-state index in [2.05, 4.69) is 205 Å². The third-order valence-electron chi connectivity index (χ3n) is 13.9. The van der Waals surface area contributed by atoms with Gasteiger partial charge in [0.2, 0.25) is 0 Å². The van der Waals surface area contributed by atoms with E-state index in [1.54, 1.807) is 0 Å². The fourth-order valence-electron chi connectivity index (χ4n) is 11.4. The number of para-hydroxylation sites is 1. The van der Waals surface area contributed by atoms with Crippen molar-refractivity contribution in [3.05, 3.63) is 226 Å². The van der Waals surface area contributed by atoms with Gasteiger partial charge in [0.15, 0.2) is 0 Å². The van der Waals surface area contributed by atoms with Gasteiger partial charge < -0.3 is 9.88 Å². The van der Waals surface area contributed by atoms with E-state index >= 15 is 0 Å². The molecule has 0 saturated carbocycles. The van der Waals surface area contributed by atoms with Crippen LogP contribution in [0.15, 0.2) is 193 Å². The highest BCUT2D eigenvalue weighted by atomic mass is 15.3. The Bertz CT molecular complexity index is 3070. The molecule has 5 aliphatic rings. The van der Waals surface area contributed by atoms with Crippen molar-refractivity contribution in [2.45, 2.75) is 56.3 Å². The summed E-state index contributed by atoms with van der Waals surface area (Å²) in [4.78, 5) is 0. The van der Waals surface area contributed by atoms with Gasteiger partial charge in [-0.2, -0.15) is 0 Å². The van der Waals surface area contributed by atoms with Gasteiger partial charge in [-0.3, -0.25) is 5.32 Å². The summed E-state index contributed by atoms with van der Waals surface area (Å²) in [7, 11) is 0. The van der Waals surface area contributed by atoms with Gasteiger partial charge in [0.05, 0.1) is 16.4 Å².